The van der Waals surface area contributed by atoms with E-state index in [-0.39, 0.29) is 19.1 Å². The Kier molecular flexibility index (Phi) is 3.72. The molecule has 0 aromatic carbocycles. The number of nitrogens with one attached hydrogen (secondary N) is 1. The molecule has 3 aromatic heterocycles. The van der Waals surface area contributed by atoms with Gasteiger partial charge in [0.25, 0.3) is 5.91 Å². The highest BCUT2D eigenvalue weighted by Gasteiger charge is 2.17. The Balaban J connectivity index is 2.12. The summed E-state index contributed by atoms with van der Waals surface area (Å²) in [5, 5.41) is 14.5. The van der Waals surface area contributed by atoms with Gasteiger partial charge in [-0.15, -0.1) is 11.3 Å². The fourth-order valence-electron chi connectivity index (χ4n) is 2.28. The van der Waals surface area contributed by atoms with Crippen molar-refractivity contribution in [2.75, 3.05) is 13.2 Å². The molecular formula is C15H15N3O2S. The number of aliphatic hydroxyl groups excluding tert-OH is 1. The molecule has 3 heterocycles. The van der Waals surface area contributed by atoms with Crippen molar-refractivity contribution in [3.8, 4) is 11.4 Å². The van der Waals surface area contributed by atoms with Gasteiger partial charge in [-0.05, 0) is 25.1 Å². The minimum absolute atomic E-state index is 0.0737. The number of thiazole rings is 1. The number of fused-ring (bicyclic) bond motifs is 1. The normalized spacial score (nSPS) is 11.0. The van der Waals surface area contributed by atoms with Gasteiger partial charge in [0, 0.05) is 18.1 Å². The van der Waals surface area contributed by atoms with Gasteiger partial charge in [-0.3, -0.25) is 4.79 Å². The number of aromatic nitrogens is 2. The average molecular weight is 301 g/mol. The van der Waals surface area contributed by atoms with Crippen LogP contribution in [0.2, 0.25) is 0 Å². The Hall–Kier alpha value is -2.18. The predicted molar refractivity (Wildman–Crippen MR) is 82.7 cm³/mol. The Morgan fingerprint density at radius 1 is 1.48 bits per heavy atom. The summed E-state index contributed by atoms with van der Waals surface area (Å²) in [4.78, 5) is 16.7. The van der Waals surface area contributed by atoms with Crippen LogP contribution in [0.5, 0.6) is 0 Å². The lowest BCUT2D eigenvalue weighted by Gasteiger charge is -2.02. The molecule has 3 rings (SSSR count). The van der Waals surface area contributed by atoms with E-state index in [0.29, 0.717) is 5.56 Å². The van der Waals surface area contributed by atoms with Gasteiger partial charge >= 0.3 is 0 Å². The minimum Gasteiger partial charge on any atom is -0.395 e. The SMILES string of the molecule is Cc1nc(-c2cc(C(=O)NCCO)c3ccccn23)cs1. The van der Waals surface area contributed by atoms with Gasteiger partial charge in [-0.1, -0.05) is 6.07 Å². The van der Waals surface area contributed by atoms with Crippen molar-refractivity contribution in [2.45, 2.75) is 6.92 Å². The highest BCUT2D eigenvalue weighted by molar-refractivity contribution is 7.09. The molecule has 0 saturated heterocycles. The van der Waals surface area contributed by atoms with E-state index in [4.69, 9.17) is 5.11 Å². The maximum absolute atomic E-state index is 12.2. The summed E-state index contributed by atoms with van der Waals surface area (Å²) in [5.41, 5.74) is 3.17. The molecule has 2 N–H and O–H groups in total. The fourth-order valence-corrected chi connectivity index (χ4v) is 2.88. The average Bonchev–Trinajstić information content (AvgIpc) is 3.08. The molecule has 6 heteroatoms. The van der Waals surface area contributed by atoms with Crippen molar-refractivity contribution >= 4 is 22.8 Å². The third-order valence-electron chi connectivity index (χ3n) is 3.20. The maximum Gasteiger partial charge on any atom is 0.253 e. The zero-order valence-corrected chi connectivity index (χ0v) is 12.4. The van der Waals surface area contributed by atoms with Crippen molar-refractivity contribution < 1.29 is 9.90 Å². The highest BCUT2D eigenvalue weighted by Crippen LogP contribution is 2.27. The Morgan fingerprint density at radius 3 is 3.05 bits per heavy atom. The number of carbonyl (C=O) groups is 1. The number of amides is 1. The Morgan fingerprint density at radius 2 is 2.33 bits per heavy atom. The molecule has 5 nitrogen and oxygen atoms in total. The van der Waals surface area contributed by atoms with E-state index in [0.717, 1.165) is 21.9 Å². The number of nitrogens with zero attached hydrogens (tertiary/aromatic N) is 2. The summed E-state index contributed by atoms with van der Waals surface area (Å²) in [5.74, 6) is -0.189. The van der Waals surface area contributed by atoms with Crippen LogP contribution in [0.25, 0.3) is 16.9 Å². The molecular weight excluding hydrogens is 286 g/mol. The topological polar surface area (TPSA) is 66.6 Å². The van der Waals surface area contributed by atoms with Gasteiger partial charge in [0.2, 0.25) is 0 Å². The molecule has 0 fully saturated rings. The zero-order chi connectivity index (χ0) is 14.8. The summed E-state index contributed by atoms with van der Waals surface area (Å²) < 4.78 is 1.96. The van der Waals surface area contributed by atoms with Crippen molar-refractivity contribution in [1.29, 1.82) is 0 Å². The molecule has 108 valence electrons. The van der Waals surface area contributed by atoms with Crippen LogP contribution >= 0.6 is 11.3 Å². The third-order valence-corrected chi connectivity index (χ3v) is 3.97. The standard InChI is InChI=1S/C15H15N3O2S/c1-10-17-12(9-21-10)14-8-11(15(20)16-5-7-19)13-4-2-3-6-18(13)14/h2-4,6,8-9,19H,5,7H2,1H3,(H,16,20). The minimum atomic E-state index is -0.189. The monoisotopic (exact) mass is 301 g/mol. The maximum atomic E-state index is 12.2. The number of pyridine rings is 1. The van der Waals surface area contributed by atoms with Crippen LogP contribution in [-0.2, 0) is 0 Å². The van der Waals surface area contributed by atoms with E-state index in [9.17, 15) is 4.79 Å². The molecule has 0 aliphatic rings. The summed E-state index contributed by atoms with van der Waals surface area (Å²) in [6.45, 7) is 2.13. The molecule has 0 unspecified atom stereocenters. The van der Waals surface area contributed by atoms with Gasteiger partial charge in [0.05, 0.1) is 34.1 Å². The van der Waals surface area contributed by atoms with Crippen molar-refractivity contribution in [3.05, 3.63) is 46.4 Å². The van der Waals surface area contributed by atoms with E-state index in [2.05, 4.69) is 10.3 Å². The zero-order valence-electron chi connectivity index (χ0n) is 11.5. The second kappa shape index (κ2) is 5.67. The lowest BCUT2D eigenvalue weighted by molar-refractivity contribution is 0.0946. The molecule has 0 spiro atoms. The summed E-state index contributed by atoms with van der Waals surface area (Å²) in [6, 6.07) is 7.56. The first-order chi connectivity index (χ1) is 10.2. The Labute approximate surface area is 125 Å². The van der Waals surface area contributed by atoms with E-state index >= 15 is 0 Å². The molecule has 3 aromatic rings. The van der Waals surface area contributed by atoms with Crippen molar-refractivity contribution in [2.24, 2.45) is 0 Å². The molecule has 0 aliphatic carbocycles. The van der Waals surface area contributed by atoms with E-state index < -0.39 is 0 Å². The van der Waals surface area contributed by atoms with E-state index in [1.807, 2.05) is 47.2 Å². The second-order valence-corrected chi connectivity index (χ2v) is 5.69. The third kappa shape index (κ3) is 2.55. The first kappa shape index (κ1) is 13.8. The van der Waals surface area contributed by atoms with Gasteiger partial charge in [-0.25, -0.2) is 4.98 Å². The molecule has 21 heavy (non-hydrogen) atoms. The molecule has 0 radical (unpaired) electrons. The lowest BCUT2D eigenvalue weighted by atomic mass is 10.2. The van der Waals surface area contributed by atoms with Crippen LogP contribution in [0.4, 0.5) is 0 Å². The highest BCUT2D eigenvalue weighted by atomic mass is 32.1. The number of hydrogen-bond acceptors (Lipinski definition) is 4. The number of aryl methyl sites for hydroxylation is 1. The summed E-state index contributed by atoms with van der Waals surface area (Å²) in [7, 11) is 0. The fraction of sp³-hybridized carbons (Fsp3) is 0.200. The Bertz CT molecular complexity index is 791. The number of aliphatic hydroxyl groups is 1. The van der Waals surface area contributed by atoms with Crippen LogP contribution in [0, 0.1) is 6.92 Å². The van der Waals surface area contributed by atoms with Gasteiger partial charge in [0.1, 0.15) is 0 Å². The molecule has 1 amide bonds. The molecule has 0 saturated carbocycles. The number of carbonyl (C=O) groups excluding carboxylic acids is 1. The van der Waals surface area contributed by atoms with Crippen molar-refractivity contribution in [1.82, 2.24) is 14.7 Å². The van der Waals surface area contributed by atoms with Crippen LogP contribution in [0.3, 0.4) is 0 Å². The first-order valence-corrected chi connectivity index (χ1v) is 7.50. The summed E-state index contributed by atoms with van der Waals surface area (Å²) >= 11 is 1.58. The predicted octanol–water partition coefficient (Wildman–Crippen LogP) is 2.09. The smallest absolute Gasteiger partial charge is 0.253 e. The largest absolute Gasteiger partial charge is 0.395 e. The van der Waals surface area contributed by atoms with Crippen LogP contribution in [-0.4, -0.2) is 33.6 Å². The van der Waals surface area contributed by atoms with Gasteiger partial charge in [-0.2, -0.15) is 0 Å². The van der Waals surface area contributed by atoms with Crippen LogP contribution in [0.15, 0.2) is 35.8 Å². The van der Waals surface area contributed by atoms with Gasteiger partial charge < -0.3 is 14.8 Å². The number of hydrogen-bond donors (Lipinski definition) is 2. The van der Waals surface area contributed by atoms with E-state index in [1.165, 1.54) is 0 Å². The molecule has 0 bridgehead atoms. The van der Waals surface area contributed by atoms with E-state index in [1.54, 1.807) is 11.3 Å². The summed E-state index contributed by atoms with van der Waals surface area (Å²) in [6.07, 6.45) is 1.92. The lowest BCUT2D eigenvalue weighted by Crippen LogP contribution is -2.26. The quantitative estimate of drug-likeness (QED) is 0.775. The van der Waals surface area contributed by atoms with Crippen LogP contribution < -0.4 is 5.32 Å². The second-order valence-electron chi connectivity index (χ2n) is 4.63. The first-order valence-electron chi connectivity index (χ1n) is 6.62. The van der Waals surface area contributed by atoms with Gasteiger partial charge in [0.15, 0.2) is 0 Å². The van der Waals surface area contributed by atoms with Crippen molar-refractivity contribution in [3.63, 3.8) is 0 Å². The molecule has 0 atom stereocenters. The number of rotatable bonds is 4. The molecule has 0 aliphatic heterocycles. The van der Waals surface area contributed by atoms with Crippen LogP contribution in [0.1, 0.15) is 15.4 Å².